The van der Waals surface area contributed by atoms with Crippen molar-refractivity contribution >= 4 is 11.8 Å². The lowest BCUT2D eigenvalue weighted by Gasteiger charge is -2.35. The third-order valence-electron chi connectivity index (χ3n) is 3.60. The first-order chi connectivity index (χ1) is 7.88. The molecule has 0 radical (unpaired) electrons. The highest BCUT2D eigenvalue weighted by molar-refractivity contribution is 7.99. The molecule has 1 saturated heterocycles. The molecule has 1 saturated carbocycles. The number of rotatable bonds is 6. The van der Waals surface area contributed by atoms with Crippen LogP contribution < -0.4 is 10.6 Å². The fraction of sp³-hybridized carbons (Fsp3) is 1.00. The molecule has 0 unspecified atom stereocenters. The lowest BCUT2D eigenvalue weighted by atomic mass is 9.89. The molecule has 0 atom stereocenters. The van der Waals surface area contributed by atoms with Crippen molar-refractivity contribution in [3.05, 3.63) is 0 Å². The zero-order valence-electron chi connectivity index (χ0n) is 10.2. The molecule has 2 fully saturated rings. The SMILES string of the molecule is COC1CC(NCCSC2CCNCC2)C1. The van der Waals surface area contributed by atoms with Gasteiger partial charge in [0, 0.05) is 30.7 Å². The van der Waals surface area contributed by atoms with Gasteiger partial charge in [-0.05, 0) is 38.8 Å². The van der Waals surface area contributed by atoms with Crippen molar-refractivity contribution in [3.8, 4) is 0 Å². The summed E-state index contributed by atoms with van der Waals surface area (Å²) in [5, 5.41) is 7.92. The maximum Gasteiger partial charge on any atom is 0.0601 e. The van der Waals surface area contributed by atoms with Crippen molar-refractivity contribution in [3.63, 3.8) is 0 Å². The van der Waals surface area contributed by atoms with Crippen LogP contribution in [0.2, 0.25) is 0 Å². The van der Waals surface area contributed by atoms with Crippen LogP contribution in [-0.2, 0) is 4.74 Å². The van der Waals surface area contributed by atoms with Crippen molar-refractivity contribution in [2.24, 2.45) is 0 Å². The highest BCUT2D eigenvalue weighted by Crippen LogP contribution is 2.23. The van der Waals surface area contributed by atoms with Crippen molar-refractivity contribution in [2.45, 2.75) is 43.1 Å². The van der Waals surface area contributed by atoms with E-state index in [2.05, 4.69) is 22.4 Å². The van der Waals surface area contributed by atoms with Gasteiger partial charge in [0.25, 0.3) is 0 Å². The molecule has 0 bridgehead atoms. The number of nitrogens with one attached hydrogen (secondary N) is 2. The Hall–Kier alpha value is 0.230. The van der Waals surface area contributed by atoms with Gasteiger partial charge in [-0.3, -0.25) is 0 Å². The summed E-state index contributed by atoms with van der Waals surface area (Å²) in [4.78, 5) is 0. The number of hydrogen-bond donors (Lipinski definition) is 2. The van der Waals surface area contributed by atoms with E-state index in [1.165, 1.54) is 44.5 Å². The first kappa shape index (κ1) is 12.7. The van der Waals surface area contributed by atoms with E-state index in [-0.39, 0.29) is 0 Å². The second kappa shape index (κ2) is 6.84. The summed E-state index contributed by atoms with van der Waals surface area (Å²) in [6, 6.07) is 0.721. The van der Waals surface area contributed by atoms with Gasteiger partial charge < -0.3 is 15.4 Å². The Morgan fingerprint density at radius 3 is 2.75 bits per heavy atom. The van der Waals surface area contributed by atoms with Crippen molar-refractivity contribution in [2.75, 3.05) is 32.5 Å². The number of hydrogen-bond acceptors (Lipinski definition) is 4. The molecule has 2 aliphatic rings. The third-order valence-corrected chi connectivity index (χ3v) is 4.99. The molecule has 1 heterocycles. The molecule has 0 aromatic rings. The first-order valence-electron chi connectivity index (χ1n) is 6.47. The second-order valence-corrected chi connectivity index (χ2v) is 6.21. The molecular formula is C12H24N2OS. The average molecular weight is 244 g/mol. The lowest BCUT2D eigenvalue weighted by Crippen LogP contribution is -2.45. The van der Waals surface area contributed by atoms with Gasteiger partial charge >= 0.3 is 0 Å². The van der Waals surface area contributed by atoms with E-state index in [1.807, 2.05) is 7.11 Å². The van der Waals surface area contributed by atoms with E-state index in [0.717, 1.165) is 17.8 Å². The predicted octanol–water partition coefficient (Wildman–Crippen LogP) is 1.24. The minimum absolute atomic E-state index is 0.523. The van der Waals surface area contributed by atoms with E-state index in [1.54, 1.807) is 0 Å². The summed E-state index contributed by atoms with van der Waals surface area (Å²) in [5.74, 6) is 1.26. The molecule has 1 aliphatic carbocycles. The summed E-state index contributed by atoms with van der Waals surface area (Å²) in [6.07, 6.45) is 5.62. The van der Waals surface area contributed by atoms with Crippen LogP contribution in [0.3, 0.4) is 0 Å². The summed E-state index contributed by atoms with van der Waals surface area (Å²) in [7, 11) is 1.81. The minimum Gasteiger partial charge on any atom is -0.381 e. The minimum atomic E-state index is 0.523. The van der Waals surface area contributed by atoms with Crippen molar-refractivity contribution in [1.82, 2.24) is 10.6 Å². The molecule has 2 N–H and O–H groups in total. The molecule has 94 valence electrons. The molecule has 4 heteroatoms. The summed E-state index contributed by atoms with van der Waals surface area (Å²) in [5.41, 5.74) is 0. The van der Waals surface area contributed by atoms with Crippen LogP contribution in [0.4, 0.5) is 0 Å². The largest absolute Gasteiger partial charge is 0.381 e. The highest BCUT2D eigenvalue weighted by Gasteiger charge is 2.28. The van der Waals surface area contributed by atoms with E-state index in [9.17, 15) is 0 Å². The van der Waals surface area contributed by atoms with Gasteiger partial charge in [0.1, 0.15) is 0 Å². The van der Waals surface area contributed by atoms with Crippen LogP contribution in [0.1, 0.15) is 25.7 Å². The van der Waals surface area contributed by atoms with Crippen LogP contribution in [0, 0.1) is 0 Å². The number of thioether (sulfide) groups is 1. The molecule has 0 amide bonds. The fourth-order valence-corrected chi connectivity index (χ4v) is 3.51. The summed E-state index contributed by atoms with van der Waals surface area (Å²) >= 11 is 2.15. The van der Waals surface area contributed by atoms with E-state index in [0.29, 0.717) is 6.10 Å². The Balaban J connectivity index is 1.43. The van der Waals surface area contributed by atoms with Gasteiger partial charge in [0.15, 0.2) is 0 Å². The monoisotopic (exact) mass is 244 g/mol. The van der Waals surface area contributed by atoms with Crippen LogP contribution in [-0.4, -0.2) is 49.9 Å². The zero-order valence-corrected chi connectivity index (χ0v) is 11.0. The Bertz CT molecular complexity index is 191. The van der Waals surface area contributed by atoms with Crippen LogP contribution in [0.25, 0.3) is 0 Å². The van der Waals surface area contributed by atoms with E-state index >= 15 is 0 Å². The molecular weight excluding hydrogens is 220 g/mol. The molecule has 1 aliphatic heterocycles. The Morgan fingerprint density at radius 1 is 1.31 bits per heavy atom. The standard InChI is InChI=1S/C12H24N2OS/c1-15-11-8-10(9-11)14-6-7-16-12-2-4-13-5-3-12/h10-14H,2-9H2,1H3. The van der Waals surface area contributed by atoms with Crippen LogP contribution in [0.5, 0.6) is 0 Å². The summed E-state index contributed by atoms with van der Waals surface area (Å²) < 4.78 is 5.27. The zero-order chi connectivity index (χ0) is 11.2. The smallest absolute Gasteiger partial charge is 0.0601 e. The molecule has 2 rings (SSSR count). The molecule has 0 aromatic carbocycles. The highest BCUT2D eigenvalue weighted by atomic mass is 32.2. The first-order valence-corrected chi connectivity index (χ1v) is 7.52. The molecule has 3 nitrogen and oxygen atoms in total. The van der Waals surface area contributed by atoms with Gasteiger partial charge in [-0.1, -0.05) is 0 Å². The number of piperidine rings is 1. The second-order valence-electron chi connectivity index (χ2n) is 4.80. The van der Waals surface area contributed by atoms with Crippen LogP contribution in [0.15, 0.2) is 0 Å². The van der Waals surface area contributed by atoms with Gasteiger partial charge in [-0.15, -0.1) is 0 Å². The van der Waals surface area contributed by atoms with Gasteiger partial charge in [-0.25, -0.2) is 0 Å². The Kier molecular flexibility index (Phi) is 5.42. The van der Waals surface area contributed by atoms with Gasteiger partial charge in [0.05, 0.1) is 6.10 Å². The van der Waals surface area contributed by atoms with E-state index in [4.69, 9.17) is 4.74 Å². The maximum atomic E-state index is 5.27. The lowest BCUT2D eigenvalue weighted by molar-refractivity contribution is 0.0181. The Labute approximate surface area is 103 Å². The van der Waals surface area contributed by atoms with Crippen LogP contribution >= 0.6 is 11.8 Å². The number of methoxy groups -OCH3 is 1. The van der Waals surface area contributed by atoms with E-state index < -0.39 is 0 Å². The molecule has 0 aromatic heterocycles. The third kappa shape index (κ3) is 3.91. The van der Waals surface area contributed by atoms with Crippen molar-refractivity contribution in [1.29, 1.82) is 0 Å². The predicted molar refractivity (Wildman–Crippen MR) is 70.2 cm³/mol. The summed E-state index contributed by atoms with van der Waals surface area (Å²) in [6.45, 7) is 3.59. The Morgan fingerprint density at radius 2 is 2.06 bits per heavy atom. The maximum absolute atomic E-state index is 5.27. The van der Waals surface area contributed by atoms with Crippen molar-refractivity contribution < 1.29 is 4.74 Å². The molecule has 0 spiro atoms. The quantitative estimate of drug-likeness (QED) is 0.689. The van der Waals surface area contributed by atoms with Gasteiger partial charge in [0.2, 0.25) is 0 Å². The normalized spacial score (nSPS) is 31.3. The fourth-order valence-electron chi connectivity index (χ4n) is 2.38. The molecule has 16 heavy (non-hydrogen) atoms. The number of ether oxygens (including phenoxy) is 1. The topological polar surface area (TPSA) is 33.3 Å². The average Bonchev–Trinajstić information content (AvgIpc) is 2.28. The van der Waals surface area contributed by atoms with Gasteiger partial charge in [-0.2, -0.15) is 11.8 Å².